The maximum atomic E-state index is 13.1. The third kappa shape index (κ3) is 3.49. The van der Waals surface area contributed by atoms with Crippen LogP contribution in [0.1, 0.15) is 5.69 Å². The molecule has 3 nitrogen and oxygen atoms in total. The lowest BCUT2D eigenvalue weighted by Crippen LogP contribution is -2.08. The van der Waals surface area contributed by atoms with E-state index >= 15 is 0 Å². The van der Waals surface area contributed by atoms with Gasteiger partial charge in [-0.1, -0.05) is 36.4 Å². The van der Waals surface area contributed by atoms with E-state index in [1.807, 2.05) is 6.07 Å². The molecule has 0 bridgehead atoms. The SMILES string of the molecule is COc1ccc(-c2cnc(C(F)(F)F)cc2-c2ccccc2)cc1OC. The molecule has 0 saturated carbocycles. The second kappa shape index (κ2) is 7.07. The summed E-state index contributed by atoms with van der Waals surface area (Å²) in [5.74, 6) is 1.03. The molecule has 0 radical (unpaired) electrons. The van der Waals surface area contributed by atoms with E-state index in [-0.39, 0.29) is 0 Å². The summed E-state index contributed by atoms with van der Waals surface area (Å²) in [5, 5.41) is 0. The van der Waals surface area contributed by atoms with Crippen LogP contribution < -0.4 is 9.47 Å². The molecule has 0 spiro atoms. The second-order valence-electron chi connectivity index (χ2n) is 5.55. The van der Waals surface area contributed by atoms with Crippen LogP contribution in [0.3, 0.4) is 0 Å². The fraction of sp³-hybridized carbons (Fsp3) is 0.150. The van der Waals surface area contributed by atoms with Gasteiger partial charge in [-0.25, -0.2) is 0 Å². The highest BCUT2D eigenvalue weighted by molar-refractivity contribution is 5.84. The number of methoxy groups -OCH3 is 2. The molecule has 0 fully saturated rings. The number of alkyl halides is 3. The molecule has 26 heavy (non-hydrogen) atoms. The molecule has 0 atom stereocenters. The Morgan fingerprint density at radius 2 is 1.46 bits per heavy atom. The van der Waals surface area contributed by atoms with Crippen molar-refractivity contribution in [2.45, 2.75) is 6.18 Å². The molecular formula is C20H16F3NO2. The van der Waals surface area contributed by atoms with Gasteiger partial charge < -0.3 is 9.47 Å². The first-order valence-corrected chi connectivity index (χ1v) is 7.79. The Balaban J connectivity index is 2.21. The van der Waals surface area contributed by atoms with Crippen LogP contribution >= 0.6 is 0 Å². The first kappa shape index (κ1) is 17.8. The van der Waals surface area contributed by atoms with Gasteiger partial charge in [-0.2, -0.15) is 13.2 Å². The summed E-state index contributed by atoms with van der Waals surface area (Å²) >= 11 is 0. The van der Waals surface area contributed by atoms with Crippen molar-refractivity contribution >= 4 is 0 Å². The molecule has 6 heteroatoms. The molecule has 0 amide bonds. The van der Waals surface area contributed by atoms with Crippen LogP contribution in [0, 0.1) is 0 Å². The van der Waals surface area contributed by atoms with Gasteiger partial charge in [-0.3, -0.25) is 4.98 Å². The lowest BCUT2D eigenvalue weighted by molar-refractivity contribution is -0.141. The molecule has 1 heterocycles. The Bertz CT molecular complexity index is 909. The first-order valence-electron chi connectivity index (χ1n) is 7.79. The van der Waals surface area contributed by atoms with E-state index in [9.17, 15) is 13.2 Å². The van der Waals surface area contributed by atoms with Gasteiger partial charge in [0.25, 0.3) is 0 Å². The van der Waals surface area contributed by atoms with Crippen LogP contribution in [0.25, 0.3) is 22.3 Å². The van der Waals surface area contributed by atoms with Crippen LogP contribution in [-0.4, -0.2) is 19.2 Å². The molecule has 134 valence electrons. The molecule has 1 aromatic heterocycles. The van der Waals surface area contributed by atoms with Crippen molar-refractivity contribution in [3.05, 3.63) is 66.5 Å². The number of hydrogen-bond donors (Lipinski definition) is 0. The van der Waals surface area contributed by atoms with E-state index in [4.69, 9.17) is 9.47 Å². The van der Waals surface area contributed by atoms with Gasteiger partial charge in [0.15, 0.2) is 11.5 Å². The summed E-state index contributed by atoms with van der Waals surface area (Å²) in [7, 11) is 3.03. The van der Waals surface area contributed by atoms with Gasteiger partial charge in [-0.15, -0.1) is 0 Å². The van der Waals surface area contributed by atoms with Crippen molar-refractivity contribution in [2.75, 3.05) is 14.2 Å². The van der Waals surface area contributed by atoms with Crippen LogP contribution in [0.15, 0.2) is 60.8 Å². The molecule has 2 aromatic carbocycles. The minimum atomic E-state index is -4.51. The lowest BCUT2D eigenvalue weighted by atomic mass is 9.95. The highest BCUT2D eigenvalue weighted by atomic mass is 19.4. The summed E-state index contributed by atoms with van der Waals surface area (Å²) < 4.78 is 49.9. The van der Waals surface area contributed by atoms with Crippen molar-refractivity contribution in [1.29, 1.82) is 0 Å². The average Bonchev–Trinajstić information content (AvgIpc) is 2.67. The monoisotopic (exact) mass is 359 g/mol. The third-order valence-electron chi connectivity index (χ3n) is 3.97. The number of hydrogen-bond acceptors (Lipinski definition) is 3. The fourth-order valence-corrected chi connectivity index (χ4v) is 2.70. The number of ether oxygens (including phenoxy) is 2. The zero-order valence-electron chi connectivity index (χ0n) is 14.2. The Morgan fingerprint density at radius 3 is 2.08 bits per heavy atom. The third-order valence-corrected chi connectivity index (χ3v) is 3.97. The Hall–Kier alpha value is -3.02. The minimum absolute atomic E-state index is 0.445. The van der Waals surface area contributed by atoms with Gasteiger partial charge in [0.05, 0.1) is 14.2 Å². The quantitative estimate of drug-likeness (QED) is 0.621. The minimum Gasteiger partial charge on any atom is -0.493 e. The Kier molecular flexibility index (Phi) is 4.84. The molecule has 0 aliphatic rings. The van der Waals surface area contributed by atoms with Crippen molar-refractivity contribution in [1.82, 2.24) is 4.98 Å². The molecular weight excluding hydrogens is 343 g/mol. The molecule has 0 N–H and O–H groups in total. The summed E-state index contributed by atoms with van der Waals surface area (Å²) in [5.41, 5.74) is 1.44. The van der Waals surface area contributed by atoms with Crippen LogP contribution in [0.2, 0.25) is 0 Å². The van der Waals surface area contributed by atoms with Gasteiger partial charge in [0.2, 0.25) is 0 Å². The molecule has 0 saturated heterocycles. The predicted octanol–water partition coefficient (Wildman–Crippen LogP) is 5.45. The fourth-order valence-electron chi connectivity index (χ4n) is 2.70. The number of nitrogens with zero attached hydrogens (tertiary/aromatic N) is 1. The van der Waals surface area contributed by atoms with Gasteiger partial charge in [0.1, 0.15) is 5.69 Å². The second-order valence-corrected chi connectivity index (χ2v) is 5.55. The van der Waals surface area contributed by atoms with E-state index < -0.39 is 11.9 Å². The van der Waals surface area contributed by atoms with Gasteiger partial charge in [0, 0.05) is 11.8 Å². The number of halogens is 3. The summed E-state index contributed by atoms with van der Waals surface area (Å²) in [4.78, 5) is 3.61. The number of benzene rings is 2. The molecule has 3 aromatic rings. The highest BCUT2D eigenvalue weighted by Crippen LogP contribution is 2.39. The standard InChI is InChI=1S/C20H16F3NO2/c1-25-17-9-8-14(10-18(17)26-2)16-12-24-19(20(21,22)23)11-15(16)13-6-4-3-5-7-13/h3-12H,1-2H3. The zero-order chi connectivity index (χ0) is 18.7. The Morgan fingerprint density at radius 1 is 0.769 bits per heavy atom. The highest BCUT2D eigenvalue weighted by Gasteiger charge is 2.33. The summed E-state index contributed by atoms with van der Waals surface area (Å²) in [6, 6.07) is 15.2. The van der Waals surface area contributed by atoms with E-state index in [1.54, 1.807) is 42.5 Å². The molecule has 0 unspecified atom stereocenters. The first-order chi connectivity index (χ1) is 12.4. The normalized spacial score (nSPS) is 11.3. The zero-order valence-corrected chi connectivity index (χ0v) is 14.2. The average molecular weight is 359 g/mol. The number of pyridine rings is 1. The van der Waals surface area contributed by atoms with Crippen LogP contribution in [0.5, 0.6) is 11.5 Å². The van der Waals surface area contributed by atoms with E-state index in [0.29, 0.717) is 33.8 Å². The van der Waals surface area contributed by atoms with Crippen molar-refractivity contribution < 1.29 is 22.6 Å². The van der Waals surface area contributed by atoms with Crippen molar-refractivity contribution in [3.63, 3.8) is 0 Å². The van der Waals surface area contributed by atoms with Gasteiger partial charge in [-0.05, 0) is 34.9 Å². The maximum Gasteiger partial charge on any atom is 0.433 e. The number of rotatable bonds is 4. The van der Waals surface area contributed by atoms with Crippen LogP contribution in [-0.2, 0) is 6.18 Å². The van der Waals surface area contributed by atoms with E-state index in [1.165, 1.54) is 20.4 Å². The smallest absolute Gasteiger partial charge is 0.433 e. The summed E-state index contributed by atoms with van der Waals surface area (Å²) in [6.07, 6.45) is -3.27. The summed E-state index contributed by atoms with van der Waals surface area (Å²) in [6.45, 7) is 0. The number of aromatic nitrogens is 1. The molecule has 0 aliphatic heterocycles. The molecule has 0 aliphatic carbocycles. The van der Waals surface area contributed by atoms with Crippen molar-refractivity contribution in [2.24, 2.45) is 0 Å². The van der Waals surface area contributed by atoms with E-state index in [2.05, 4.69) is 4.98 Å². The molecule has 3 rings (SSSR count). The van der Waals surface area contributed by atoms with E-state index in [0.717, 1.165) is 6.07 Å². The topological polar surface area (TPSA) is 31.4 Å². The largest absolute Gasteiger partial charge is 0.493 e. The van der Waals surface area contributed by atoms with Gasteiger partial charge >= 0.3 is 6.18 Å². The lowest BCUT2D eigenvalue weighted by Gasteiger charge is -2.15. The van der Waals surface area contributed by atoms with Crippen molar-refractivity contribution in [3.8, 4) is 33.8 Å². The predicted molar refractivity (Wildman–Crippen MR) is 93.2 cm³/mol. The van der Waals surface area contributed by atoms with Crippen LogP contribution in [0.4, 0.5) is 13.2 Å². The maximum absolute atomic E-state index is 13.1. The Labute approximate surface area is 149 Å².